The van der Waals surface area contributed by atoms with Crippen molar-refractivity contribution in [3.8, 4) is 11.5 Å². The number of para-hydroxylation sites is 2. The van der Waals surface area contributed by atoms with Gasteiger partial charge < -0.3 is 14.2 Å². The van der Waals surface area contributed by atoms with Gasteiger partial charge in [-0.15, -0.1) is 0 Å². The first-order chi connectivity index (χ1) is 12.0. The topological polar surface area (TPSA) is 86.8 Å². The number of nitrogens with zero attached hydrogens (tertiary/aromatic N) is 1. The van der Waals surface area contributed by atoms with Crippen molar-refractivity contribution < 1.29 is 23.8 Å². The fourth-order valence-corrected chi connectivity index (χ4v) is 2.87. The average molecular weight is 364 g/mol. The van der Waals surface area contributed by atoms with Crippen molar-refractivity contribution in [2.24, 2.45) is 0 Å². The van der Waals surface area contributed by atoms with Gasteiger partial charge in [0.1, 0.15) is 4.88 Å². The second-order valence-corrected chi connectivity index (χ2v) is 6.05. The van der Waals surface area contributed by atoms with Gasteiger partial charge in [0.15, 0.2) is 22.7 Å². The van der Waals surface area contributed by atoms with Crippen LogP contribution in [0.25, 0.3) is 0 Å². The van der Waals surface area contributed by atoms with Gasteiger partial charge in [0.05, 0.1) is 19.4 Å². The molecule has 1 aromatic heterocycles. The van der Waals surface area contributed by atoms with Crippen molar-refractivity contribution in [2.45, 2.75) is 26.9 Å². The van der Waals surface area contributed by atoms with Crippen molar-refractivity contribution in [3.63, 3.8) is 0 Å². The molecule has 0 bridgehead atoms. The maximum atomic E-state index is 12.3. The number of carbonyl (C=O) groups excluding carboxylic acids is 2. The number of hydrogen-bond donors (Lipinski definition) is 1. The molecule has 1 unspecified atom stereocenters. The largest absolute Gasteiger partial charge is 0.493 e. The van der Waals surface area contributed by atoms with E-state index in [1.165, 1.54) is 7.11 Å². The number of ether oxygens (including phenoxy) is 3. The van der Waals surface area contributed by atoms with Crippen LogP contribution in [0.4, 0.5) is 5.13 Å². The fraction of sp³-hybridized carbons (Fsp3) is 0.353. The first kappa shape index (κ1) is 18.7. The fourth-order valence-electron chi connectivity index (χ4n) is 2.00. The standard InChI is InChI=1S/C17H20N2O5S/c1-5-23-16(21)14-10(2)18-17(25-14)19-15(20)11(3)24-13-9-7-6-8-12(13)22-4/h6-9,11H,5H2,1-4H3,(H,18,19,20). The van der Waals surface area contributed by atoms with Crippen LogP contribution in [0.1, 0.15) is 29.2 Å². The molecule has 25 heavy (non-hydrogen) atoms. The van der Waals surface area contributed by atoms with Gasteiger partial charge in [0, 0.05) is 0 Å². The van der Waals surface area contributed by atoms with Crippen LogP contribution in [0, 0.1) is 6.92 Å². The molecule has 1 N–H and O–H groups in total. The molecule has 0 aliphatic heterocycles. The van der Waals surface area contributed by atoms with E-state index in [0.29, 0.717) is 27.2 Å². The van der Waals surface area contributed by atoms with E-state index in [4.69, 9.17) is 14.2 Å². The molecule has 0 aliphatic carbocycles. The molecular weight excluding hydrogens is 344 g/mol. The minimum Gasteiger partial charge on any atom is -0.493 e. The van der Waals surface area contributed by atoms with E-state index in [-0.39, 0.29) is 12.5 Å². The predicted octanol–water partition coefficient (Wildman–Crippen LogP) is 3.04. The maximum absolute atomic E-state index is 12.3. The van der Waals surface area contributed by atoms with E-state index in [1.54, 1.807) is 39.0 Å². The first-order valence-electron chi connectivity index (χ1n) is 7.71. The maximum Gasteiger partial charge on any atom is 0.350 e. The second-order valence-electron chi connectivity index (χ2n) is 5.05. The Bertz CT molecular complexity index is 759. The van der Waals surface area contributed by atoms with Crippen LogP contribution in [0.15, 0.2) is 24.3 Å². The van der Waals surface area contributed by atoms with Crippen molar-refractivity contribution in [2.75, 3.05) is 19.0 Å². The molecule has 0 radical (unpaired) electrons. The molecule has 1 aromatic carbocycles. The summed E-state index contributed by atoms with van der Waals surface area (Å²) in [6, 6.07) is 7.06. The molecule has 0 spiro atoms. The van der Waals surface area contributed by atoms with Crippen molar-refractivity contribution >= 4 is 28.3 Å². The van der Waals surface area contributed by atoms with E-state index in [2.05, 4.69) is 10.3 Å². The quantitative estimate of drug-likeness (QED) is 0.760. The number of nitrogens with one attached hydrogen (secondary N) is 1. The lowest BCUT2D eigenvalue weighted by atomic mass is 10.3. The average Bonchev–Trinajstić information content (AvgIpc) is 2.95. The number of anilines is 1. The highest BCUT2D eigenvalue weighted by Gasteiger charge is 2.21. The zero-order valence-electron chi connectivity index (χ0n) is 14.5. The molecule has 7 nitrogen and oxygen atoms in total. The number of hydrogen-bond acceptors (Lipinski definition) is 7. The van der Waals surface area contributed by atoms with Gasteiger partial charge >= 0.3 is 5.97 Å². The molecule has 1 amide bonds. The molecule has 2 rings (SSSR count). The minimum atomic E-state index is -0.772. The highest BCUT2D eigenvalue weighted by molar-refractivity contribution is 7.17. The molecule has 134 valence electrons. The van der Waals surface area contributed by atoms with Gasteiger partial charge in [0.2, 0.25) is 0 Å². The van der Waals surface area contributed by atoms with Crippen molar-refractivity contribution in [1.82, 2.24) is 4.98 Å². The van der Waals surface area contributed by atoms with Gasteiger partial charge in [0.25, 0.3) is 5.91 Å². The Hall–Kier alpha value is -2.61. The Morgan fingerprint density at radius 1 is 1.28 bits per heavy atom. The van der Waals surface area contributed by atoms with Crippen LogP contribution in [0.3, 0.4) is 0 Å². The number of aryl methyl sites for hydroxylation is 1. The number of thiazole rings is 1. The molecule has 0 aliphatic rings. The third-order valence-corrected chi connectivity index (χ3v) is 4.28. The SMILES string of the molecule is CCOC(=O)c1sc(NC(=O)C(C)Oc2ccccc2OC)nc1C. The van der Waals surface area contributed by atoms with E-state index in [1.807, 2.05) is 6.07 Å². The molecule has 0 saturated heterocycles. The lowest BCUT2D eigenvalue weighted by Crippen LogP contribution is -2.30. The van der Waals surface area contributed by atoms with Gasteiger partial charge in [-0.2, -0.15) is 0 Å². The molecule has 1 atom stereocenters. The van der Waals surface area contributed by atoms with E-state index in [9.17, 15) is 9.59 Å². The zero-order valence-corrected chi connectivity index (χ0v) is 15.3. The number of carbonyl (C=O) groups is 2. The van der Waals surface area contributed by atoms with Gasteiger partial charge in [-0.3, -0.25) is 10.1 Å². The number of aromatic nitrogens is 1. The summed E-state index contributed by atoms with van der Waals surface area (Å²) >= 11 is 1.07. The summed E-state index contributed by atoms with van der Waals surface area (Å²) in [6.07, 6.45) is -0.772. The third kappa shape index (κ3) is 4.69. The van der Waals surface area contributed by atoms with E-state index < -0.39 is 12.1 Å². The van der Waals surface area contributed by atoms with Crippen LogP contribution < -0.4 is 14.8 Å². The molecule has 0 fully saturated rings. The number of benzene rings is 1. The van der Waals surface area contributed by atoms with Crippen LogP contribution in [-0.4, -0.2) is 36.7 Å². The number of esters is 1. The summed E-state index contributed by atoms with van der Waals surface area (Å²) in [6.45, 7) is 5.32. The smallest absolute Gasteiger partial charge is 0.350 e. The highest BCUT2D eigenvalue weighted by atomic mass is 32.1. The van der Waals surface area contributed by atoms with Crippen LogP contribution in [-0.2, 0) is 9.53 Å². The minimum absolute atomic E-state index is 0.279. The Kier molecular flexibility index (Phi) is 6.35. The second kappa shape index (κ2) is 8.48. The van der Waals surface area contributed by atoms with E-state index >= 15 is 0 Å². The summed E-state index contributed by atoms with van der Waals surface area (Å²) in [5, 5.41) is 2.97. The van der Waals surface area contributed by atoms with Crippen LogP contribution >= 0.6 is 11.3 Å². The van der Waals surface area contributed by atoms with Crippen LogP contribution in [0.5, 0.6) is 11.5 Å². The highest BCUT2D eigenvalue weighted by Crippen LogP contribution is 2.27. The Morgan fingerprint density at radius 2 is 1.96 bits per heavy atom. The zero-order chi connectivity index (χ0) is 18.4. The van der Waals surface area contributed by atoms with E-state index in [0.717, 1.165) is 11.3 Å². The first-order valence-corrected chi connectivity index (χ1v) is 8.53. The summed E-state index contributed by atoms with van der Waals surface area (Å²) in [7, 11) is 1.53. The lowest BCUT2D eigenvalue weighted by molar-refractivity contribution is -0.122. The monoisotopic (exact) mass is 364 g/mol. The van der Waals surface area contributed by atoms with Crippen molar-refractivity contribution in [1.29, 1.82) is 0 Å². The molecule has 8 heteroatoms. The van der Waals surface area contributed by atoms with Crippen molar-refractivity contribution in [3.05, 3.63) is 34.8 Å². The molecular formula is C17H20N2O5S. The number of rotatable bonds is 7. The van der Waals surface area contributed by atoms with Gasteiger partial charge in [-0.25, -0.2) is 9.78 Å². The Labute approximate surface area is 149 Å². The Morgan fingerprint density at radius 3 is 2.60 bits per heavy atom. The summed E-state index contributed by atoms with van der Waals surface area (Å²) < 4.78 is 15.8. The number of amides is 1. The number of methoxy groups -OCH3 is 1. The predicted molar refractivity (Wildman–Crippen MR) is 94.5 cm³/mol. The van der Waals surface area contributed by atoms with Gasteiger partial charge in [-0.05, 0) is 32.9 Å². The Balaban J connectivity index is 2.04. The normalized spacial score (nSPS) is 11.5. The van der Waals surface area contributed by atoms with Crippen LogP contribution in [0.2, 0.25) is 0 Å². The third-order valence-electron chi connectivity index (χ3n) is 3.23. The summed E-state index contributed by atoms with van der Waals surface area (Å²) in [5.41, 5.74) is 0.511. The molecule has 1 heterocycles. The molecule has 2 aromatic rings. The lowest BCUT2D eigenvalue weighted by Gasteiger charge is -2.15. The summed E-state index contributed by atoms with van der Waals surface area (Å²) in [4.78, 5) is 28.7. The van der Waals surface area contributed by atoms with Gasteiger partial charge in [-0.1, -0.05) is 23.5 Å². The molecule has 0 saturated carbocycles. The summed E-state index contributed by atoms with van der Waals surface area (Å²) in [5.74, 6) is 0.179.